The van der Waals surface area contributed by atoms with Crippen molar-refractivity contribution >= 4 is 28.7 Å². The Morgan fingerprint density at radius 3 is 2.45 bits per heavy atom. The van der Waals surface area contributed by atoms with E-state index in [-0.39, 0.29) is 18.6 Å². The van der Waals surface area contributed by atoms with Gasteiger partial charge < -0.3 is 29.9 Å². The van der Waals surface area contributed by atoms with Crippen LogP contribution in [-0.2, 0) is 24.7 Å². The fourth-order valence-electron chi connectivity index (χ4n) is 4.96. The number of likely N-dealkylation sites (tertiary alicyclic amines) is 1. The molecule has 10 heteroatoms. The zero-order valence-electron chi connectivity index (χ0n) is 22.6. The molecule has 212 valence electrons. The molecule has 0 bridgehead atoms. The summed E-state index contributed by atoms with van der Waals surface area (Å²) in [5, 5.41) is 32.7. The molecule has 0 saturated carbocycles. The molecule has 2 aromatic carbocycles. The maximum Gasteiger partial charge on any atom is 0.336 e. The number of amides is 1. The number of aromatic nitrogens is 1. The van der Waals surface area contributed by atoms with Crippen LogP contribution in [0, 0.1) is 0 Å². The smallest absolute Gasteiger partial charge is 0.336 e. The fourth-order valence-corrected chi connectivity index (χ4v) is 4.96. The number of nitrogens with one attached hydrogen (secondary N) is 1. The SMILES string of the molecule is CCC(C)OC(=O)CC(O)(CC(=O)N1CCCC(O)(c2ccc(-c3ccc4[nH]c(=O)ccc4c3)cc2)C1)C(=O)O. The number of rotatable bonds is 9. The molecule has 3 atom stereocenters. The molecule has 1 saturated heterocycles. The molecular weight excluding hydrogens is 516 g/mol. The van der Waals surface area contributed by atoms with Crippen LogP contribution in [0.2, 0.25) is 0 Å². The molecule has 4 N–H and O–H groups in total. The summed E-state index contributed by atoms with van der Waals surface area (Å²) in [5.41, 5.74) is -0.994. The molecule has 1 amide bonds. The van der Waals surface area contributed by atoms with E-state index in [9.17, 15) is 34.5 Å². The molecule has 0 spiro atoms. The molecule has 4 rings (SSSR count). The zero-order chi connectivity index (χ0) is 29.1. The van der Waals surface area contributed by atoms with Crippen molar-refractivity contribution in [1.29, 1.82) is 0 Å². The topological polar surface area (TPSA) is 157 Å². The van der Waals surface area contributed by atoms with Gasteiger partial charge in [-0.15, -0.1) is 0 Å². The average Bonchev–Trinajstić information content (AvgIpc) is 2.92. The Hall–Kier alpha value is -4.02. The molecule has 2 heterocycles. The minimum Gasteiger partial charge on any atom is -0.479 e. The lowest BCUT2D eigenvalue weighted by atomic mass is 9.84. The number of hydrogen-bond acceptors (Lipinski definition) is 7. The number of benzene rings is 2. The van der Waals surface area contributed by atoms with Crippen LogP contribution in [0.4, 0.5) is 0 Å². The van der Waals surface area contributed by atoms with Gasteiger partial charge in [0.15, 0.2) is 5.60 Å². The van der Waals surface area contributed by atoms with Gasteiger partial charge in [0.1, 0.15) is 5.60 Å². The van der Waals surface area contributed by atoms with E-state index in [1.807, 2.05) is 30.3 Å². The highest BCUT2D eigenvalue weighted by molar-refractivity contribution is 5.90. The van der Waals surface area contributed by atoms with E-state index in [0.29, 0.717) is 24.8 Å². The van der Waals surface area contributed by atoms with Crippen molar-refractivity contribution in [2.45, 2.75) is 63.3 Å². The van der Waals surface area contributed by atoms with E-state index < -0.39 is 48.0 Å². The van der Waals surface area contributed by atoms with Crippen LogP contribution in [0.15, 0.2) is 59.4 Å². The van der Waals surface area contributed by atoms with Gasteiger partial charge >= 0.3 is 11.9 Å². The van der Waals surface area contributed by atoms with Crippen LogP contribution >= 0.6 is 0 Å². The zero-order valence-corrected chi connectivity index (χ0v) is 22.6. The van der Waals surface area contributed by atoms with E-state index in [2.05, 4.69) is 4.98 Å². The van der Waals surface area contributed by atoms with E-state index >= 15 is 0 Å². The second kappa shape index (κ2) is 11.6. The highest BCUT2D eigenvalue weighted by Crippen LogP contribution is 2.34. The molecule has 1 aromatic heterocycles. The average molecular weight is 551 g/mol. The molecule has 1 fully saturated rings. The maximum absolute atomic E-state index is 13.1. The summed E-state index contributed by atoms with van der Waals surface area (Å²) >= 11 is 0. The van der Waals surface area contributed by atoms with Gasteiger partial charge in [0.05, 0.1) is 25.5 Å². The number of carbonyl (C=O) groups is 3. The first-order chi connectivity index (χ1) is 18.9. The van der Waals surface area contributed by atoms with E-state index in [1.165, 1.54) is 11.0 Å². The molecule has 3 unspecified atom stereocenters. The van der Waals surface area contributed by atoms with Crippen LogP contribution in [0.25, 0.3) is 22.0 Å². The van der Waals surface area contributed by atoms with Crippen molar-refractivity contribution < 1.29 is 34.4 Å². The van der Waals surface area contributed by atoms with E-state index in [4.69, 9.17) is 4.74 Å². The van der Waals surface area contributed by atoms with E-state index in [0.717, 1.165) is 22.0 Å². The van der Waals surface area contributed by atoms with Gasteiger partial charge in [-0.3, -0.25) is 14.4 Å². The van der Waals surface area contributed by atoms with Crippen LogP contribution in [0.5, 0.6) is 0 Å². The van der Waals surface area contributed by atoms with Crippen LogP contribution in [-0.4, -0.2) is 67.8 Å². The first kappa shape index (κ1) is 29.0. The number of hydrogen-bond donors (Lipinski definition) is 4. The summed E-state index contributed by atoms with van der Waals surface area (Å²) < 4.78 is 5.09. The van der Waals surface area contributed by atoms with Gasteiger partial charge in [0.2, 0.25) is 11.5 Å². The number of β-amino-alcohol motifs (C(OH)–C–C–N with tert-alkyl or cyclic N) is 1. The third kappa shape index (κ3) is 6.40. The number of esters is 1. The Labute approximate surface area is 231 Å². The summed E-state index contributed by atoms with van der Waals surface area (Å²) in [5.74, 6) is -3.27. The van der Waals surface area contributed by atoms with Gasteiger partial charge in [-0.05, 0) is 66.5 Å². The molecule has 0 aliphatic carbocycles. The van der Waals surface area contributed by atoms with Crippen LogP contribution < -0.4 is 5.56 Å². The summed E-state index contributed by atoms with van der Waals surface area (Å²) in [4.78, 5) is 52.7. The molecule has 0 radical (unpaired) electrons. The summed E-state index contributed by atoms with van der Waals surface area (Å²) in [7, 11) is 0. The number of H-pyrrole nitrogens is 1. The predicted octanol–water partition coefficient (Wildman–Crippen LogP) is 2.94. The molecular formula is C30H34N2O8. The Kier molecular flexibility index (Phi) is 8.41. The predicted molar refractivity (Wildman–Crippen MR) is 147 cm³/mol. The summed E-state index contributed by atoms with van der Waals surface area (Å²) in [6.45, 7) is 3.64. The number of aromatic amines is 1. The van der Waals surface area contributed by atoms with Gasteiger partial charge in [-0.2, -0.15) is 0 Å². The van der Waals surface area contributed by atoms with Crippen molar-refractivity contribution in [2.75, 3.05) is 13.1 Å². The Bertz CT molecular complexity index is 1470. The third-order valence-corrected chi connectivity index (χ3v) is 7.49. The number of carbonyl (C=O) groups excluding carboxylic acids is 2. The number of pyridine rings is 1. The van der Waals surface area contributed by atoms with Gasteiger partial charge in [0, 0.05) is 18.1 Å². The van der Waals surface area contributed by atoms with Crippen LogP contribution in [0.3, 0.4) is 0 Å². The minimum atomic E-state index is -2.62. The molecule has 3 aromatic rings. The second-order valence-electron chi connectivity index (χ2n) is 10.6. The number of ether oxygens (including phenoxy) is 1. The normalized spacial score (nSPS) is 19.6. The van der Waals surface area contributed by atoms with Gasteiger partial charge in [-0.1, -0.05) is 37.3 Å². The van der Waals surface area contributed by atoms with Crippen molar-refractivity contribution in [3.8, 4) is 11.1 Å². The quantitative estimate of drug-likeness (QED) is 0.296. The third-order valence-electron chi connectivity index (χ3n) is 7.49. The van der Waals surface area contributed by atoms with Crippen molar-refractivity contribution in [3.05, 3.63) is 70.5 Å². The fraction of sp³-hybridized carbons (Fsp3) is 0.400. The maximum atomic E-state index is 13.1. The number of piperidine rings is 1. The lowest BCUT2D eigenvalue weighted by Gasteiger charge is -2.40. The largest absolute Gasteiger partial charge is 0.479 e. The number of carboxylic acid groups (broad SMARTS) is 1. The Balaban J connectivity index is 1.47. The number of carboxylic acids is 1. The van der Waals surface area contributed by atoms with Crippen molar-refractivity contribution in [2.24, 2.45) is 0 Å². The first-order valence-electron chi connectivity index (χ1n) is 13.3. The summed E-state index contributed by atoms with van der Waals surface area (Å²) in [6.07, 6.45) is -0.744. The minimum absolute atomic E-state index is 0.0818. The second-order valence-corrected chi connectivity index (χ2v) is 10.6. The Morgan fingerprint density at radius 1 is 1.07 bits per heavy atom. The van der Waals surface area contributed by atoms with Crippen LogP contribution in [0.1, 0.15) is 51.5 Å². The first-order valence-corrected chi connectivity index (χ1v) is 13.3. The van der Waals surface area contributed by atoms with Crippen molar-refractivity contribution in [3.63, 3.8) is 0 Å². The highest BCUT2D eigenvalue weighted by Gasteiger charge is 2.44. The summed E-state index contributed by atoms with van der Waals surface area (Å²) in [6, 6.07) is 16.2. The van der Waals surface area contributed by atoms with Crippen molar-refractivity contribution in [1.82, 2.24) is 9.88 Å². The number of fused-ring (bicyclic) bond motifs is 1. The number of aliphatic carboxylic acids is 1. The lowest BCUT2D eigenvalue weighted by Crippen LogP contribution is -2.52. The lowest BCUT2D eigenvalue weighted by molar-refractivity contribution is -0.173. The molecule has 10 nitrogen and oxygen atoms in total. The molecule has 40 heavy (non-hydrogen) atoms. The van der Waals surface area contributed by atoms with Gasteiger partial charge in [0.25, 0.3) is 0 Å². The van der Waals surface area contributed by atoms with Gasteiger partial charge in [-0.25, -0.2) is 4.79 Å². The highest BCUT2D eigenvalue weighted by atomic mass is 16.5. The molecule has 1 aliphatic heterocycles. The van der Waals surface area contributed by atoms with E-state index in [1.54, 1.807) is 32.0 Å². The molecule has 1 aliphatic rings. The standard InChI is InChI=1S/C30H34N2O8/c1-3-19(2)40-27(35)17-30(39,28(36)37)16-26(34)32-14-4-13-29(38,18-32)23-9-5-20(6-10-23)21-7-11-24-22(15-21)8-12-25(33)31-24/h5-12,15,19,38-39H,3-4,13-14,16-18H2,1-2H3,(H,31,33)(H,36,37). The number of nitrogens with zero attached hydrogens (tertiary/aromatic N) is 1. The number of aliphatic hydroxyl groups is 2. The monoisotopic (exact) mass is 550 g/mol. The Morgan fingerprint density at radius 2 is 1.77 bits per heavy atom.